The van der Waals surface area contributed by atoms with Crippen LogP contribution in [-0.4, -0.2) is 21.3 Å². The van der Waals surface area contributed by atoms with Crippen molar-refractivity contribution in [2.75, 3.05) is 6.54 Å². The molecule has 4 nitrogen and oxygen atoms in total. The summed E-state index contributed by atoms with van der Waals surface area (Å²) in [6, 6.07) is 4.95. The second kappa shape index (κ2) is 4.58. The zero-order chi connectivity index (χ0) is 12.7. The van der Waals surface area contributed by atoms with E-state index in [9.17, 15) is 4.39 Å². The van der Waals surface area contributed by atoms with Crippen LogP contribution in [0.2, 0.25) is 0 Å². The molecular weight excluding hydrogens is 346 g/mol. The van der Waals surface area contributed by atoms with Gasteiger partial charge in [0.1, 0.15) is 11.6 Å². The first-order valence-corrected chi connectivity index (χ1v) is 6.86. The van der Waals surface area contributed by atoms with E-state index >= 15 is 0 Å². The predicted octanol–water partition coefficient (Wildman–Crippen LogP) is 2.35. The zero-order valence-corrected chi connectivity index (χ0v) is 12.0. The van der Waals surface area contributed by atoms with Crippen LogP contribution in [0.4, 0.5) is 4.39 Å². The third-order valence-corrected chi connectivity index (χ3v) is 4.02. The Balaban J connectivity index is 2.12. The van der Waals surface area contributed by atoms with Crippen LogP contribution in [0.5, 0.6) is 0 Å². The van der Waals surface area contributed by atoms with Gasteiger partial charge in [-0.1, -0.05) is 0 Å². The van der Waals surface area contributed by atoms with Gasteiger partial charge < -0.3 is 9.88 Å². The number of benzene rings is 1. The van der Waals surface area contributed by atoms with E-state index in [0.717, 1.165) is 33.9 Å². The SMILES string of the molecule is CC1NCCn2c(-c3ccc(F)cc3I)nnc21. The normalized spacial score (nSPS) is 18.7. The molecule has 0 amide bonds. The van der Waals surface area contributed by atoms with Crippen molar-refractivity contribution in [2.45, 2.75) is 19.5 Å². The van der Waals surface area contributed by atoms with Gasteiger partial charge in [-0.2, -0.15) is 0 Å². The lowest BCUT2D eigenvalue weighted by atomic mass is 10.2. The third-order valence-electron chi connectivity index (χ3n) is 3.12. The van der Waals surface area contributed by atoms with Crippen molar-refractivity contribution in [3.8, 4) is 11.4 Å². The van der Waals surface area contributed by atoms with Crippen LogP contribution >= 0.6 is 22.6 Å². The first kappa shape index (κ1) is 12.0. The van der Waals surface area contributed by atoms with E-state index in [1.165, 1.54) is 12.1 Å². The van der Waals surface area contributed by atoms with Crippen molar-refractivity contribution < 1.29 is 4.39 Å². The molecule has 1 atom stereocenters. The second-order valence-corrected chi connectivity index (χ2v) is 5.50. The van der Waals surface area contributed by atoms with Gasteiger partial charge in [-0.25, -0.2) is 4.39 Å². The average molecular weight is 358 g/mol. The van der Waals surface area contributed by atoms with Crippen LogP contribution in [0.1, 0.15) is 18.8 Å². The van der Waals surface area contributed by atoms with Gasteiger partial charge in [-0.05, 0) is 47.7 Å². The molecular formula is C12H12FIN4. The summed E-state index contributed by atoms with van der Waals surface area (Å²) in [6.07, 6.45) is 0. The molecule has 0 saturated carbocycles. The largest absolute Gasteiger partial charge is 0.308 e. The Morgan fingerprint density at radius 1 is 1.44 bits per heavy atom. The number of hydrogen-bond acceptors (Lipinski definition) is 3. The predicted molar refractivity (Wildman–Crippen MR) is 74.6 cm³/mol. The molecule has 1 N–H and O–H groups in total. The molecule has 0 aliphatic carbocycles. The number of rotatable bonds is 1. The van der Waals surface area contributed by atoms with Gasteiger partial charge in [0.05, 0.1) is 6.04 Å². The molecule has 94 valence electrons. The summed E-state index contributed by atoms with van der Waals surface area (Å²) in [5, 5.41) is 11.8. The van der Waals surface area contributed by atoms with Crippen LogP contribution in [0, 0.1) is 9.39 Å². The Kier molecular flexibility index (Phi) is 3.06. The minimum absolute atomic E-state index is 0.207. The molecule has 0 bridgehead atoms. The van der Waals surface area contributed by atoms with Crippen molar-refractivity contribution in [1.82, 2.24) is 20.1 Å². The smallest absolute Gasteiger partial charge is 0.165 e. The molecule has 1 aliphatic rings. The lowest BCUT2D eigenvalue weighted by Gasteiger charge is -2.22. The van der Waals surface area contributed by atoms with Crippen LogP contribution in [0.15, 0.2) is 18.2 Å². The van der Waals surface area contributed by atoms with Crippen molar-refractivity contribution in [2.24, 2.45) is 0 Å². The highest BCUT2D eigenvalue weighted by Crippen LogP contribution is 2.27. The number of hydrogen-bond donors (Lipinski definition) is 1. The van der Waals surface area contributed by atoms with Gasteiger partial charge >= 0.3 is 0 Å². The Labute approximate surface area is 118 Å². The minimum atomic E-state index is -0.225. The minimum Gasteiger partial charge on any atom is -0.308 e. The molecule has 2 heterocycles. The fraction of sp³-hybridized carbons (Fsp3) is 0.333. The van der Waals surface area contributed by atoms with Crippen LogP contribution in [0.25, 0.3) is 11.4 Å². The third kappa shape index (κ3) is 1.93. The molecule has 2 aromatic rings. The summed E-state index contributed by atoms with van der Waals surface area (Å²) >= 11 is 2.13. The van der Waals surface area contributed by atoms with Gasteiger partial charge in [0.25, 0.3) is 0 Å². The van der Waals surface area contributed by atoms with E-state index in [1.807, 2.05) is 0 Å². The van der Waals surface area contributed by atoms with E-state index in [-0.39, 0.29) is 11.9 Å². The monoisotopic (exact) mass is 358 g/mol. The van der Waals surface area contributed by atoms with E-state index in [0.29, 0.717) is 0 Å². The maximum Gasteiger partial charge on any atom is 0.165 e. The number of halogens is 2. The van der Waals surface area contributed by atoms with Crippen molar-refractivity contribution in [1.29, 1.82) is 0 Å². The lowest BCUT2D eigenvalue weighted by molar-refractivity contribution is 0.439. The molecule has 3 rings (SSSR count). The fourth-order valence-electron chi connectivity index (χ4n) is 2.21. The van der Waals surface area contributed by atoms with Gasteiger partial charge in [0, 0.05) is 22.2 Å². The molecule has 0 fully saturated rings. The highest BCUT2D eigenvalue weighted by atomic mass is 127. The van der Waals surface area contributed by atoms with Gasteiger partial charge in [0.15, 0.2) is 5.82 Å². The van der Waals surface area contributed by atoms with E-state index in [4.69, 9.17) is 0 Å². The summed E-state index contributed by atoms with van der Waals surface area (Å²) < 4.78 is 16.1. The summed E-state index contributed by atoms with van der Waals surface area (Å²) in [6.45, 7) is 3.81. The molecule has 1 aromatic carbocycles. The molecule has 0 saturated heterocycles. The van der Waals surface area contributed by atoms with Crippen LogP contribution in [-0.2, 0) is 6.54 Å². The Morgan fingerprint density at radius 3 is 3.06 bits per heavy atom. The molecule has 1 aromatic heterocycles. The first-order valence-electron chi connectivity index (χ1n) is 5.78. The number of fused-ring (bicyclic) bond motifs is 1. The molecule has 18 heavy (non-hydrogen) atoms. The van der Waals surface area contributed by atoms with Gasteiger partial charge in [-0.3, -0.25) is 0 Å². The molecule has 6 heteroatoms. The second-order valence-electron chi connectivity index (χ2n) is 4.33. The molecule has 1 unspecified atom stereocenters. The van der Waals surface area contributed by atoms with Crippen molar-refractivity contribution in [3.05, 3.63) is 33.4 Å². The quantitative estimate of drug-likeness (QED) is 0.796. The topological polar surface area (TPSA) is 42.7 Å². The van der Waals surface area contributed by atoms with Gasteiger partial charge in [0.2, 0.25) is 0 Å². The van der Waals surface area contributed by atoms with Crippen LogP contribution < -0.4 is 5.32 Å². The van der Waals surface area contributed by atoms with E-state index in [1.54, 1.807) is 6.07 Å². The van der Waals surface area contributed by atoms with E-state index < -0.39 is 0 Å². The number of nitrogens with zero attached hydrogens (tertiary/aromatic N) is 3. The molecule has 1 aliphatic heterocycles. The van der Waals surface area contributed by atoms with Crippen molar-refractivity contribution in [3.63, 3.8) is 0 Å². The van der Waals surface area contributed by atoms with E-state index in [2.05, 4.69) is 49.6 Å². The maximum absolute atomic E-state index is 13.1. The standard InChI is InChI=1S/C12H12FIN4/c1-7-11-16-17-12(18(11)5-4-15-7)9-3-2-8(13)6-10(9)14/h2-3,6-7,15H,4-5H2,1H3. The summed E-state index contributed by atoms with van der Waals surface area (Å²) in [5.41, 5.74) is 0.935. The highest BCUT2D eigenvalue weighted by Gasteiger charge is 2.22. The molecule has 0 radical (unpaired) electrons. The summed E-state index contributed by atoms with van der Waals surface area (Å²) in [7, 11) is 0. The summed E-state index contributed by atoms with van der Waals surface area (Å²) in [5.74, 6) is 1.54. The number of nitrogens with one attached hydrogen (secondary N) is 1. The Bertz CT molecular complexity index is 596. The number of aromatic nitrogens is 3. The van der Waals surface area contributed by atoms with Crippen molar-refractivity contribution >= 4 is 22.6 Å². The van der Waals surface area contributed by atoms with Gasteiger partial charge in [-0.15, -0.1) is 10.2 Å². The Morgan fingerprint density at radius 2 is 2.28 bits per heavy atom. The first-order chi connectivity index (χ1) is 8.66. The molecule has 0 spiro atoms. The summed E-state index contributed by atoms with van der Waals surface area (Å²) in [4.78, 5) is 0. The lowest BCUT2D eigenvalue weighted by Crippen LogP contribution is -2.32. The Hall–Kier alpha value is -1.02. The zero-order valence-electron chi connectivity index (χ0n) is 9.82. The fourth-order valence-corrected chi connectivity index (χ4v) is 2.93. The average Bonchev–Trinajstić information content (AvgIpc) is 2.74. The maximum atomic E-state index is 13.1. The highest BCUT2D eigenvalue weighted by molar-refractivity contribution is 14.1. The van der Waals surface area contributed by atoms with Crippen LogP contribution in [0.3, 0.4) is 0 Å².